The minimum absolute atomic E-state index is 0.495. The average Bonchev–Trinajstić information content (AvgIpc) is 3.21. The van der Waals surface area contributed by atoms with Gasteiger partial charge in [0.2, 0.25) is 0 Å². The van der Waals surface area contributed by atoms with Crippen LogP contribution in [0, 0.1) is 19.8 Å². The number of para-hydroxylation sites is 1. The Morgan fingerprint density at radius 3 is 2.57 bits per heavy atom. The highest BCUT2D eigenvalue weighted by atomic mass is 16.6. The number of amides is 1. The number of nitrogens with one attached hydrogen (secondary N) is 1. The van der Waals surface area contributed by atoms with E-state index in [1.165, 1.54) is 5.56 Å². The standard InChI is InChI=1S/C23H27N5O2/c1-16-11-13-23(14-12-16,24-22(29)30-19-7-5-4-6-8-19)21-25-26-27-28(21)20-10-9-17(2)15-18(20)3/h4-10,15-16H,11-14H2,1-3H3,(H,24,29). The summed E-state index contributed by atoms with van der Waals surface area (Å²) in [6, 6.07) is 15.2. The van der Waals surface area contributed by atoms with Crippen LogP contribution >= 0.6 is 0 Å². The van der Waals surface area contributed by atoms with E-state index in [0.717, 1.165) is 36.9 Å². The van der Waals surface area contributed by atoms with Crippen LogP contribution in [-0.2, 0) is 5.54 Å². The second-order valence-electron chi connectivity index (χ2n) is 8.30. The summed E-state index contributed by atoms with van der Waals surface area (Å²) in [7, 11) is 0. The predicted octanol–water partition coefficient (Wildman–Crippen LogP) is 4.47. The first-order chi connectivity index (χ1) is 14.5. The van der Waals surface area contributed by atoms with Crippen LogP contribution in [0.4, 0.5) is 4.79 Å². The Balaban J connectivity index is 1.68. The molecule has 156 valence electrons. The maximum atomic E-state index is 12.8. The Hall–Kier alpha value is -3.22. The third kappa shape index (κ3) is 4.06. The number of hydrogen-bond donors (Lipinski definition) is 1. The van der Waals surface area contributed by atoms with Gasteiger partial charge in [-0.3, -0.25) is 0 Å². The van der Waals surface area contributed by atoms with Crippen molar-refractivity contribution in [3.05, 3.63) is 65.5 Å². The molecule has 1 aromatic heterocycles. The van der Waals surface area contributed by atoms with E-state index >= 15 is 0 Å². The topological polar surface area (TPSA) is 81.9 Å². The van der Waals surface area contributed by atoms with Crippen molar-refractivity contribution in [2.24, 2.45) is 5.92 Å². The Labute approximate surface area is 176 Å². The van der Waals surface area contributed by atoms with Gasteiger partial charge in [-0.1, -0.05) is 42.8 Å². The largest absolute Gasteiger partial charge is 0.413 e. The van der Waals surface area contributed by atoms with E-state index in [0.29, 0.717) is 17.5 Å². The van der Waals surface area contributed by atoms with Gasteiger partial charge in [-0.15, -0.1) is 5.10 Å². The van der Waals surface area contributed by atoms with E-state index in [9.17, 15) is 4.79 Å². The summed E-state index contributed by atoms with van der Waals surface area (Å²) in [6.45, 7) is 6.34. The van der Waals surface area contributed by atoms with Gasteiger partial charge in [0.05, 0.1) is 5.69 Å². The number of aryl methyl sites for hydroxylation is 2. The van der Waals surface area contributed by atoms with E-state index in [1.54, 1.807) is 16.8 Å². The molecule has 0 saturated heterocycles. The van der Waals surface area contributed by atoms with Crippen LogP contribution in [0.25, 0.3) is 5.69 Å². The van der Waals surface area contributed by atoms with Gasteiger partial charge in [-0.2, -0.15) is 4.68 Å². The van der Waals surface area contributed by atoms with E-state index in [-0.39, 0.29) is 0 Å². The maximum Gasteiger partial charge on any atom is 0.413 e. The molecule has 0 unspecified atom stereocenters. The molecule has 1 heterocycles. The van der Waals surface area contributed by atoms with Gasteiger partial charge in [0.25, 0.3) is 0 Å². The normalized spacial score (nSPS) is 21.2. The molecule has 0 spiro atoms. The summed E-state index contributed by atoms with van der Waals surface area (Å²) >= 11 is 0. The van der Waals surface area contributed by atoms with E-state index in [1.807, 2.05) is 37.3 Å². The number of carbonyl (C=O) groups excluding carboxylic acids is 1. The van der Waals surface area contributed by atoms with Crippen LogP contribution in [-0.4, -0.2) is 26.3 Å². The van der Waals surface area contributed by atoms with Crippen LogP contribution in [0.1, 0.15) is 49.6 Å². The molecule has 0 atom stereocenters. The molecular weight excluding hydrogens is 378 g/mol. The molecule has 1 aliphatic carbocycles. The van der Waals surface area contributed by atoms with Gasteiger partial charge in [-0.25, -0.2) is 4.79 Å². The molecule has 0 bridgehead atoms. The summed E-state index contributed by atoms with van der Waals surface area (Å²) in [5, 5.41) is 15.7. The van der Waals surface area contributed by atoms with E-state index < -0.39 is 11.6 Å². The van der Waals surface area contributed by atoms with Crippen molar-refractivity contribution in [1.82, 2.24) is 25.5 Å². The summed E-state index contributed by atoms with van der Waals surface area (Å²) in [4.78, 5) is 12.8. The number of carbonyl (C=O) groups is 1. The smallest absolute Gasteiger partial charge is 0.410 e. The predicted molar refractivity (Wildman–Crippen MR) is 114 cm³/mol. The molecule has 1 N–H and O–H groups in total. The first-order valence-corrected chi connectivity index (χ1v) is 10.4. The molecule has 7 nitrogen and oxygen atoms in total. The molecule has 1 aliphatic rings. The van der Waals surface area contributed by atoms with Crippen molar-refractivity contribution in [2.45, 2.75) is 52.0 Å². The van der Waals surface area contributed by atoms with E-state index in [4.69, 9.17) is 4.74 Å². The SMILES string of the molecule is Cc1ccc(-n2nnnc2C2(NC(=O)Oc3ccccc3)CCC(C)CC2)c(C)c1. The van der Waals surface area contributed by atoms with Gasteiger partial charge in [0.15, 0.2) is 5.82 Å². The first-order valence-electron chi connectivity index (χ1n) is 10.4. The van der Waals surface area contributed by atoms with Gasteiger partial charge in [0, 0.05) is 0 Å². The zero-order chi connectivity index (χ0) is 21.1. The molecule has 4 rings (SSSR count). The summed E-state index contributed by atoms with van der Waals surface area (Å²) in [6.07, 6.45) is 2.97. The number of hydrogen-bond acceptors (Lipinski definition) is 5. The number of tetrazole rings is 1. The number of benzene rings is 2. The highest BCUT2D eigenvalue weighted by molar-refractivity contribution is 5.71. The Kier molecular flexibility index (Phi) is 5.53. The molecule has 7 heteroatoms. The van der Waals surface area contributed by atoms with Gasteiger partial charge < -0.3 is 10.1 Å². The molecule has 0 radical (unpaired) electrons. The first kappa shape index (κ1) is 20.1. The lowest BCUT2D eigenvalue weighted by Crippen LogP contribution is -2.50. The van der Waals surface area contributed by atoms with Crippen molar-refractivity contribution in [3.8, 4) is 11.4 Å². The van der Waals surface area contributed by atoms with Gasteiger partial charge in [-0.05, 0) is 79.6 Å². The molecule has 30 heavy (non-hydrogen) atoms. The van der Waals surface area contributed by atoms with Crippen molar-refractivity contribution >= 4 is 6.09 Å². The third-order valence-corrected chi connectivity index (χ3v) is 5.90. The summed E-state index contributed by atoms with van der Waals surface area (Å²) in [5.41, 5.74) is 2.49. The third-order valence-electron chi connectivity index (χ3n) is 5.90. The summed E-state index contributed by atoms with van der Waals surface area (Å²) in [5.74, 6) is 1.74. The van der Waals surface area contributed by atoms with Crippen LogP contribution in [0.15, 0.2) is 48.5 Å². The van der Waals surface area contributed by atoms with Crippen LogP contribution < -0.4 is 10.1 Å². The fraction of sp³-hybridized carbons (Fsp3) is 0.391. The monoisotopic (exact) mass is 405 g/mol. The number of aromatic nitrogens is 4. The summed E-state index contributed by atoms with van der Waals surface area (Å²) < 4.78 is 7.28. The second kappa shape index (κ2) is 8.26. The zero-order valence-electron chi connectivity index (χ0n) is 17.6. The minimum atomic E-state index is -0.681. The van der Waals surface area contributed by atoms with Crippen LogP contribution in [0.5, 0.6) is 5.75 Å². The van der Waals surface area contributed by atoms with Crippen molar-refractivity contribution in [3.63, 3.8) is 0 Å². The van der Waals surface area contributed by atoms with Crippen molar-refractivity contribution < 1.29 is 9.53 Å². The molecule has 2 aromatic carbocycles. The van der Waals surface area contributed by atoms with E-state index in [2.05, 4.69) is 40.8 Å². The lowest BCUT2D eigenvalue weighted by atomic mass is 9.76. The lowest BCUT2D eigenvalue weighted by molar-refractivity contribution is 0.150. The second-order valence-corrected chi connectivity index (χ2v) is 8.30. The highest BCUT2D eigenvalue weighted by Gasteiger charge is 2.42. The van der Waals surface area contributed by atoms with Crippen molar-refractivity contribution in [1.29, 1.82) is 0 Å². The molecule has 1 saturated carbocycles. The number of ether oxygens (including phenoxy) is 1. The Bertz CT molecular complexity index is 1020. The van der Waals surface area contributed by atoms with Crippen molar-refractivity contribution in [2.75, 3.05) is 0 Å². The maximum absolute atomic E-state index is 12.8. The molecule has 1 fully saturated rings. The molecule has 3 aromatic rings. The zero-order valence-corrected chi connectivity index (χ0v) is 17.6. The quantitative estimate of drug-likeness (QED) is 0.692. The highest BCUT2D eigenvalue weighted by Crippen LogP contribution is 2.39. The average molecular weight is 406 g/mol. The van der Waals surface area contributed by atoms with Crippen LogP contribution in [0.2, 0.25) is 0 Å². The number of nitrogens with zero attached hydrogens (tertiary/aromatic N) is 4. The molecule has 1 amide bonds. The number of rotatable bonds is 4. The Morgan fingerprint density at radius 2 is 1.87 bits per heavy atom. The lowest BCUT2D eigenvalue weighted by Gasteiger charge is -2.38. The minimum Gasteiger partial charge on any atom is -0.410 e. The van der Waals surface area contributed by atoms with Crippen LogP contribution in [0.3, 0.4) is 0 Å². The fourth-order valence-corrected chi connectivity index (χ4v) is 4.17. The molecular formula is C23H27N5O2. The van der Waals surface area contributed by atoms with Gasteiger partial charge in [0.1, 0.15) is 11.3 Å². The molecule has 0 aliphatic heterocycles. The van der Waals surface area contributed by atoms with Gasteiger partial charge >= 0.3 is 6.09 Å². The Morgan fingerprint density at radius 1 is 1.13 bits per heavy atom. The fourth-order valence-electron chi connectivity index (χ4n) is 4.17.